The van der Waals surface area contributed by atoms with E-state index in [1.807, 2.05) is 0 Å². The zero-order valence-electron chi connectivity index (χ0n) is 13.7. The fourth-order valence-corrected chi connectivity index (χ4v) is 2.59. The van der Waals surface area contributed by atoms with E-state index in [9.17, 15) is 0 Å². The number of rotatable bonds is 4. The van der Waals surface area contributed by atoms with Crippen molar-refractivity contribution in [3.05, 3.63) is 0 Å². The molecule has 1 aliphatic heterocycles. The number of piperazine rings is 1. The summed E-state index contributed by atoms with van der Waals surface area (Å²) in [6, 6.07) is 0. The van der Waals surface area contributed by atoms with Crippen LogP contribution < -0.4 is 5.32 Å². The van der Waals surface area contributed by atoms with Crippen LogP contribution in [0.15, 0.2) is 0 Å². The van der Waals surface area contributed by atoms with E-state index >= 15 is 0 Å². The van der Waals surface area contributed by atoms with Gasteiger partial charge in [0.2, 0.25) is 0 Å². The summed E-state index contributed by atoms with van der Waals surface area (Å²) in [7, 11) is 0. The highest BCUT2D eigenvalue weighted by molar-refractivity contribution is 5.00. The summed E-state index contributed by atoms with van der Waals surface area (Å²) in [5, 5.41) is 3.77. The Morgan fingerprint density at radius 2 is 1.72 bits per heavy atom. The first-order valence-corrected chi connectivity index (χ1v) is 7.64. The molecule has 0 aliphatic carbocycles. The molecule has 2 heteroatoms. The summed E-state index contributed by atoms with van der Waals surface area (Å²) < 4.78 is 0. The summed E-state index contributed by atoms with van der Waals surface area (Å²) in [6.45, 7) is 20.0. The van der Waals surface area contributed by atoms with E-state index in [1.54, 1.807) is 0 Å². The Labute approximate surface area is 115 Å². The van der Waals surface area contributed by atoms with Gasteiger partial charge in [-0.05, 0) is 45.1 Å². The first kappa shape index (κ1) is 16.0. The first-order chi connectivity index (χ1) is 8.14. The molecular weight excluding hydrogens is 220 g/mol. The molecule has 1 heterocycles. The van der Waals surface area contributed by atoms with Crippen LogP contribution in [0, 0.1) is 5.41 Å². The van der Waals surface area contributed by atoms with Crippen LogP contribution >= 0.6 is 0 Å². The molecule has 2 nitrogen and oxygen atoms in total. The van der Waals surface area contributed by atoms with Crippen LogP contribution in [-0.2, 0) is 0 Å². The lowest BCUT2D eigenvalue weighted by molar-refractivity contribution is 0.0101. The third kappa shape index (κ3) is 3.96. The number of hydrogen-bond donors (Lipinski definition) is 1. The Balaban J connectivity index is 2.73. The molecule has 0 aromatic heterocycles. The molecule has 108 valence electrons. The summed E-state index contributed by atoms with van der Waals surface area (Å²) in [6.07, 6.45) is 3.71. The Hall–Kier alpha value is -0.0800. The minimum atomic E-state index is 0.298. The van der Waals surface area contributed by atoms with Crippen LogP contribution in [0.1, 0.15) is 67.7 Å². The average Bonchev–Trinajstić information content (AvgIpc) is 2.30. The predicted octanol–water partition coefficient (Wildman–Crippen LogP) is 3.67. The second kappa shape index (κ2) is 5.50. The van der Waals surface area contributed by atoms with Crippen molar-refractivity contribution in [2.24, 2.45) is 5.41 Å². The third-order valence-electron chi connectivity index (χ3n) is 4.87. The van der Waals surface area contributed by atoms with Gasteiger partial charge in [0.25, 0.3) is 0 Å². The molecule has 0 aromatic rings. The van der Waals surface area contributed by atoms with Crippen molar-refractivity contribution in [2.45, 2.75) is 78.8 Å². The minimum Gasteiger partial charge on any atom is -0.308 e. The van der Waals surface area contributed by atoms with Gasteiger partial charge in [-0.25, -0.2) is 0 Å². The van der Waals surface area contributed by atoms with E-state index in [0.717, 1.165) is 6.54 Å². The molecule has 0 aromatic carbocycles. The highest BCUT2D eigenvalue weighted by atomic mass is 15.3. The molecule has 0 amide bonds. The van der Waals surface area contributed by atoms with Crippen molar-refractivity contribution < 1.29 is 0 Å². The monoisotopic (exact) mass is 254 g/mol. The maximum absolute atomic E-state index is 3.77. The molecule has 18 heavy (non-hydrogen) atoms. The smallest absolute Gasteiger partial charge is 0.0304 e. The van der Waals surface area contributed by atoms with E-state index in [1.165, 1.54) is 32.4 Å². The molecule has 1 rings (SSSR count). The quantitative estimate of drug-likeness (QED) is 0.823. The molecule has 1 saturated heterocycles. The molecule has 0 bridgehead atoms. The van der Waals surface area contributed by atoms with E-state index in [0.29, 0.717) is 16.5 Å². The van der Waals surface area contributed by atoms with Crippen molar-refractivity contribution in [1.29, 1.82) is 0 Å². The SMILES string of the molecule is CCC1(C)CN(CCC(C)(C)C)C(C)(CC)CN1. The lowest BCUT2D eigenvalue weighted by Crippen LogP contribution is -2.68. The van der Waals surface area contributed by atoms with Gasteiger partial charge in [0.1, 0.15) is 0 Å². The lowest BCUT2D eigenvalue weighted by atomic mass is 9.84. The number of nitrogens with one attached hydrogen (secondary N) is 1. The van der Waals surface area contributed by atoms with Crippen molar-refractivity contribution in [1.82, 2.24) is 10.2 Å². The van der Waals surface area contributed by atoms with Crippen LogP contribution in [0.5, 0.6) is 0 Å². The molecule has 0 radical (unpaired) electrons. The molecule has 0 spiro atoms. The maximum Gasteiger partial charge on any atom is 0.0304 e. The zero-order valence-corrected chi connectivity index (χ0v) is 13.7. The summed E-state index contributed by atoms with van der Waals surface area (Å²) in [4.78, 5) is 2.73. The van der Waals surface area contributed by atoms with Crippen LogP contribution in [-0.4, -0.2) is 35.6 Å². The van der Waals surface area contributed by atoms with Crippen LogP contribution in [0.3, 0.4) is 0 Å². The topological polar surface area (TPSA) is 15.3 Å². The molecule has 0 saturated carbocycles. The van der Waals surface area contributed by atoms with Gasteiger partial charge in [-0.1, -0.05) is 34.6 Å². The van der Waals surface area contributed by atoms with Crippen molar-refractivity contribution >= 4 is 0 Å². The Bertz CT molecular complexity index is 269. The molecule has 2 unspecified atom stereocenters. The van der Waals surface area contributed by atoms with Gasteiger partial charge in [-0.15, -0.1) is 0 Å². The van der Waals surface area contributed by atoms with Crippen molar-refractivity contribution in [3.8, 4) is 0 Å². The second-order valence-electron chi connectivity index (χ2n) is 7.85. The van der Waals surface area contributed by atoms with Gasteiger partial charge in [0.15, 0.2) is 0 Å². The van der Waals surface area contributed by atoms with Gasteiger partial charge in [-0.2, -0.15) is 0 Å². The van der Waals surface area contributed by atoms with Gasteiger partial charge in [0, 0.05) is 24.2 Å². The van der Waals surface area contributed by atoms with Gasteiger partial charge >= 0.3 is 0 Å². The lowest BCUT2D eigenvalue weighted by Gasteiger charge is -2.52. The van der Waals surface area contributed by atoms with E-state index < -0.39 is 0 Å². The molecular formula is C16H34N2. The van der Waals surface area contributed by atoms with E-state index in [-0.39, 0.29) is 0 Å². The average molecular weight is 254 g/mol. The van der Waals surface area contributed by atoms with Gasteiger partial charge < -0.3 is 5.32 Å². The predicted molar refractivity (Wildman–Crippen MR) is 81.0 cm³/mol. The fourth-order valence-electron chi connectivity index (χ4n) is 2.59. The van der Waals surface area contributed by atoms with E-state index in [2.05, 4.69) is 58.7 Å². The van der Waals surface area contributed by atoms with Gasteiger partial charge in [0.05, 0.1) is 0 Å². The highest BCUT2D eigenvalue weighted by Gasteiger charge is 2.40. The first-order valence-electron chi connectivity index (χ1n) is 7.64. The summed E-state index contributed by atoms with van der Waals surface area (Å²) in [5.74, 6) is 0. The van der Waals surface area contributed by atoms with Crippen LogP contribution in [0.25, 0.3) is 0 Å². The standard InChI is InChI=1S/C16H34N2/c1-8-15(6)13-18(11-10-14(3,4)5)16(7,9-2)12-17-15/h17H,8-13H2,1-7H3. The number of hydrogen-bond acceptors (Lipinski definition) is 2. The van der Waals surface area contributed by atoms with Crippen molar-refractivity contribution in [2.75, 3.05) is 19.6 Å². The number of nitrogens with zero attached hydrogens (tertiary/aromatic N) is 1. The third-order valence-corrected chi connectivity index (χ3v) is 4.87. The van der Waals surface area contributed by atoms with Gasteiger partial charge in [-0.3, -0.25) is 4.90 Å². The summed E-state index contributed by atoms with van der Waals surface area (Å²) in [5.41, 5.74) is 1.06. The fraction of sp³-hybridized carbons (Fsp3) is 1.00. The molecule has 1 N–H and O–H groups in total. The Kier molecular flexibility index (Phi) is 4.88. The molecule has 1 aliphatic rings. The second-order valence-corrected chi connectivity index (χ2v) is 7.85. The Morgan fingerprint density at radius 1 is 1.11 bits per heavy atom. The Morgan fingerprint density at radius 3 is 2.17 bits per heavy atom. The molecule has 1 fully saturated rings. The largest absolute Gasteiger partial charge is 0.308 e. The summed E-state index contributed by atoms with van der Waals surface area (Å²) >= 11 is 0. The maximum atomic E-state index is 3.77. The van der Waals surface area contributed by atoms with Crippen LogP contribution in [0.4, 0.5) is 0 Å². The zero-order chi connectivity index (χ0) is 14.0. The molecule has 2 atom stereocenters. The van der Waals surface area contributed by atoms with E-state index in [4.69, 9.17) is 0 Å². The normalized spacial score (nSPS) is 34.8. The highest BCUT2D eigenvalue weighted by Crippen LogP contribution is 2.30. The minimum absolute atomic E-state index is 0.298. The van der Waals surface area contributed by atoms with Crippen LogP contribution in [0.2, 0.25) is 0 Å². The van der Waals surface area contributed by atoms with Crippen molar-refractivity contribution in [3.63, 3.8) is 0 Å².